The van der Waals surface area contributed by atoms with Gasteiger partial charge in [-0.2, -0.15) is 4.31 Å². The van der Waals surface area contributed by atoms with Gasteiger partial charge in [0, 0.05) is 25.2 Å². The average molecular weight is 376 g/mol. The SMILES string of the molecule is Cn1c(=O)oc2cc(S(=O)(=O)N3CCC[C@H]3c3ccccc3F)ccc21. The summed E-state index contributed by atoms with van der Waals surface area (Å²) in [5.41, 5.74) is 1.10. The maximum Gasteiger partial charge on any atom is 0.419 e. The summed E-state index contributed by atoms with van der Waals surface area (Å²) >= 11 is 0. The molecule has 3 aromatic rings. The van der Waals surface area contributed by atoms with Crippen LogP contribution in [0.5, 0.6) is 0 Å². The van der Waals surface area contributed by atoms with E-state index in [0.29, 0.717) is 30.5 Å². The van der Waals surface area contributed by atoms with Crippen molar-refractivity contribution in [2.24, 2.45) is 7.05 Å². The number of rotatable bonds is 3. The molecule has 0 amide bonds. The van der Waals surface area contributed by atoms with Crippen molar-refractivity contribution >= 4 is 21.1 Å². The van der Waals surface area contributed by atoms with Crippen molar-refractivity contribution in [3.05, 3.63) is 64.4 Å². The second-order valence-electron chi connectivity index (χ2n) is 6.35. The molecule has 0 bridgehead atoms. The van der Waals surface area contributed by atoms with E-state index in [-0.39, 0.29) is 10.5 Å². The van der Waals surface area contributed by atoms with E-state index in [0.717, 1.165) is 0 Å². The van der Waals surface area contributed by atoms with E-state index in [1.165, 1.54) is 27.1 Å². The minimum absolute atomic E-state index is 0.0302. The fourth-order valence-corrected chi connectivity index (χ4v) is 5.18. The Morgan fingerprint density at radius 3 is 2.73 bits per heavy atom. The molecule has 1 aliphatic rings. The van der Waals surface area contributed by atoms with E-state index in [2.05, 4.69) is 0 Å². The van der Waals surface area contributed by atoms with Gasteiger partial charge in [0.25, 0.3) is 0 Å². The number of nitrogens with zero attached hydrogens (tertiary/aromatic N) is 2. The Labute approximate surface area is 149 Å². The molecule has 2 heterocycles. The van der Waals surface area contributed by atoms with Crippen LogP contribution in [0.2, 0.25) is 0 Å². The van der Waals surface area contributed by atoms with Gasteiger partial charge >= 0.3 is 5.76 Å². The second-order valence-corrected chi connectivity index (χ2v) is 8.24. The molecule has 8 heteroatoms. The fourth-order valence-electron chi connectivity index (χ4n) is 3.49. The zero-order valence-electron chi connectivity index (χ0n) is 14.1. The maximum absolute atomic E-state index is 14.2. The summed E-state index contributed by atoms with van der Waals surface area (Å²) < 4.78 is 48.2. The molecule has 2 aromatic carbocycles. The zero-order valence-corrected chi connectivity index (χ0v) is 14.9. The highest BCUT2D eigenvalue weighted by atomic mass is 32.2. The minimum Gasteiger partial charge on any atom is -0.408 e. The molecular weight excluding hydrogens is 359 g/mol. The van der Waals surface area contributed by atoms with Gasteiger partial charge < -0.3 is 4.42 Å². The lowest BCUT2D eigenvalue weighted by Crippen LogP contribution is -2.31. The van der Waals surface area contributed by atoms with Crippen LogP contribution in [-0.4, -0.2) is 23.8 Å². The molecule has 0 aliphatic carbocycles. The Morgan fingerprint density at radius 1 is 1.19 bits per heavy atom. The first-order valence-electron chi connectivity index (χ1n) is 8.25. The number of aromatic nitrogens is 1. The van der Waals surface area contributed by atoms with Crippen molar-refractivity contribution in [1.82, 2.24) is 8.87 Å². The van der Waals surface area contributed by atoms with Gasteiger partial charge in [-0.15, -0.1) is 0 Å². The van der Waals surface area contributed by atoms with Gasteiger partial charge in [0.2, 0.25) is 10.0 Å². The number of sulfonamides is 1. The van der Waals surface area contributed by atoms with Gasteiger partial charge in [-0.25, -0.2) is 17.6 Å². The van der Waals surface area contributed by atoms with Crippen LogP contribution in [0.3, 0.4) is 0 Å². The van der Waals surface area contributed by atoms with E-state index in [4.69, 9.17) is 4.42 Å². The molecular formula is C18H17FN2O4S. The molecule has 4 rings (SSSR count). The largest absolute Gasteiger partial charge is 0.419 e. The average Bonchev–Trinajstić information content (AvgIpc) is 3.21. The van der Waals surface area contributed by atoms with E-state index in [9.17, 15) is 17.6 Å². The Kier molecular flexibility index (Phi) is 3.96. The van der Waals surface area contributed by atoms with E-state index >= 15 is 0 Å². The van der Waals surface area contributed by atoms with Crippen LogP contribution in [0, 0.1) is 5.82 Å². The van der Waals surface area contributed by atoms with Crippen molar-refractivity contribution in [3.8, 4) is 0 Å². The Bertz CT molecular complexity index is 1150. The lowest BCUT2D eigenvalue weighted by molar-refractivity contribution is 0.386. The number of hydrogen-bond acceptors (Lipinski definition) is 4. The van der Waals surface area contributed by atoms with Gasteiger partial charge in [0.1, 0.15) is 5.82 Å². The molecule has 1 atom stereocenters. The van der Waals surface area contributed by atoms with E-state index in [1.54, 1.807) is 31.3 Å². The van der Waals surface area contributed by atoms with Crippen molar-refractivity contribution in [2.75, 3.05) is 6.54 Å². The zero-order chi connectivity index (χ0) is 18.5. The monoisotopic (exact) mass is 376 g/mol. The summed E-state index contributed by atoms with van der Waals surface area (Å²) in [5.74, 6) is -0.968. The second kappa shape index (κ2) is 6.07. The molecule has 26 heavy (non-hydrogen) atoms. The van der Waals surface area contributed by atoms with Gasteiger partial charge in [-0.05, 0) is 31.0 Å². The summed E-state index contributed by atoms with van der Waals surface area (Å²) in [6, 6.07) is 10.0. The summed E-state index contributed by atoms with van der Waals surface area (Å²) in [6.07, 6.45) is 1.21. The lowest BCUT2D eigenvalue weighted by atomic mass is 10.1. The van der Waals surface area contributed by atoms with Gasteiger partial charge in [-0.3, -0.25) is 4.57 Å². The highest BCUT2D eigenvalue weighted by molar-refractivity contribution is 7.89. The molecule has 0 radical (unpaired) electrons. The maximum atomic E-state index is 14.2. The normalized spacial score (nSPS) is 18.6. The quantitative estimate of drug-likeness (QED) is 0.705. The number of aryl methyl sites for hydroxylation is 1. The van der Waals surface area contributed by atoms with Crippen LogP contribution in [-0.2, 0) is 17.1 Å². The molecule has 0 spiro atoms. The lowest BCUT2D eigenvalue weighted by Gasteiger charge is -2.24. The van der Waals surface area contributed by atoms with Crippen LogP contribution < -0.4 is 5.76 Å². The minimum atomic E-state index is -3.85. The third-order valence-electron chi connectivity index (χ3n) is 4.84. The van der Waals surface area contributed by atoms with Crippen molar-refractivity contribution in [3.63, 3.8) is 0 Å². The standard InChI is InChI=1S/C18H17FN2O4S/c1-20-16-9-8-12(11-17(16)25-18(20)22)26(23,24)21-10-4-7-15(21)13-5-2-3-6-14(13)19/h2-3,5-6,8-9,11,15H,4,7,10H2,1H3/t15-/m0/s1. The first kappa shape index (κ1) is 17.0. The van der Waals surface area contributed by atoms with Crippen LogP contribution in [0.1, 0.15) is 24.4 Å². The van der Waals surface area contributed by atoms with Crippen molar-refractivity contribution in [1.29, 1.82) is 0 Å². The Morgan fingerprint density at radius 2 is 1.96 bits per heavy atom. The van der Waals surface area contributed by atoms with Crippen molar-refractivity contribution < 1.29 is 17.2 Å². The van der Waals surface area contributed by atoms with Gasteiger partial charge in [-0.1, -0.05) is 18.2 Å². The predicted molar refractivity (Wildman–Crippen MR) is 93.7 cm³/mol. The van der Waals surface area contributed by atoms with E-state index < -0.39 is 27.6 Å². The number of benzene rings is 2. The molecule has 0 N–H and O–H groups in total. The molecule has 136 valence electrons. The summed E-state index contributed by atoms with van der Waals surface area (Å²) in [7, 11) is -2.30. The van der Waals surface area contributed by atoms with Crippen LogP contribution in [0.4, 0.5) is 4.39 Å². The highest BCUT2D eigenvalue weighted by Crippen LogP contribution is 2.37. The predicted octanol–water partition coefficient (Wildman–Crippen LogP) is 2.80. The van der Waals surface area contributed by atoms with Crippen LogP contribution in [0.15, 0.2) is 56.6 Å². The molecule has 1 saturated heterocycles. The molecule has 1 aromatic heterocycles. The number of halogens is 1. The summed E-state index contributed by atoms with van der Waals surface area (Å²) in [4.78, 5) is 11.7. The fraction of sp³-hybridized carbons (Fsp3) is 0.278. The summed E-state index contributed by atoms with van der Waals surface area (Å²) in [6.45, 7) is 0.318. The van der Waals surface area contributed by atoms with Crippen molar-refractivity contribution in [2.45, 2.75) is 23.8 Å². The number of oxazole rings is 1. The van der Waals surface area contributed by atoms with Crippen LogP contribution >= 0.6 is 0 Å². The number of hydrogen-bond donors (Lipinski definition) is 0. The third kappa shape index (κ3) is 2.57. The molecule has 1 aliphatic heterocycles. The van der Waals surface area contributed by atoms with Gasteiger partial charge in [0.15, 0.2) is 5.58 Å². The molecule has 0 saturated carbocycles. The van der Waals surface area contributed by atoms with Gasteiger partial charge in [0.05, 0.1) is 16.5 Å². The first-order chi connectivity index (χ1) is 12.4. The third-order valence-corrected chi connectivity index (χ3v) is 6.74. The molecule has 0 unspecified atom stereocenters. The van der Waals surface area contributed by atoms with E-state index in [1.807, 2.05) is 0 Å². The smallest absolute Gasteiger partial charge is 0.408 e. The molecule has 1 fully saturated rings. The topological polar surface area (TPSA) is 72.5 Å². The Balaban J connectivity index is 1.78. The highest BCUT2D eigenvalue weighted by Gasteiger charge is 2.37. The van der Waals surface area contributed by atoms with Crippen LogP contribution in [0.25, 0.3) is 11.1 Å². The first-order valence-corrected chi connectivity index (χ1v) is 9.69. The summed E-state index contributed by atoms with van der Waals surface area (Å²) in [5, 5.41) is 0. The Hall–Kier alpha value is -2.45. The molecule has 6 nitrogen and oxygen atoms in total. The number of fused-ring (bicyclic) bond motifs is 1.